The van der Waals surface area contributed by atoms with Crippen molar-refractivity contribution in [2.24, 2.45) is 0 Å². The van der Waals surface area contributed by atoms with E-state index in [-0.39, 0.29) is 22.7 Å². The number of carbonyl (C=O) groups excluding carboxylic acids is 1. The van der Waals surface area contributed by atoms with Crippen molar-refractivity contribution in [3.8, 4) is 0 Å². The number of nitrogens with one attached hydrogen (secondary N) is 2. The van der Waals surface area contributed by atoms with Crippen LogP contribution in [0.1, 0.15) is 23.2 Å². The summed E-state index contributed by atoms with van der Waals surface area (Å²) in [5, 5.41) is 15.0. The smallest absolute Gasteiger partial charge is 0.337 e. The van der Waals surface area contributed by atoms with Crippen molar-refractivity contribution in [1.29, 1.82) is 0 Å². The molecular formula is C14H18ClN3O3. The first kappa shape index (κ1) is 15.6. The van der Waals surface area contributed by atoms with E-state index < -0.39 is 5.97 Å². The number of rotatable bonds is 3. The molecule has 0 spiro atoms. The second kappa shape index (κ2) is 6.78. The Labute approximate surface area is 128 Å². The fourth-order valence-corrected chi connectivity index (χ4v) is 2.60. The van der Waals surface area contributed by atoms with Crippen LogP contribution in [0.25, 0.3) is 0 Å². The number of benzene rings is 1. The standard InChI is InChI=1S/C14H18ClN3O3/c1-18(10-4-6-16-7-5-10)14(21)17-9-2-3-11(13(19)20)12(15)8-9/h2-3,8,10,16H,4-7H2,1H3,(H,17,21)(H,19,20). The molecule has 21 heavy (non-hydrogen) atoms. The molecule has 0 bridgehead atoms. The average molecular weight is 312 g/mol. The van der Waals surface area contributed by atoms with Crippen LogP contribution < -0.4 is 10.6 Å². The Hall–Kier alpha value is -1.79. The second-order valence-electron chi connectivity index (χ2n) is 5.02. The van der Waals surface area contributed by atoms with Crippen LogP contribution in [-0.4, -0.2) is 48.2 Å². The minimum absolute atomic E-state index is 0.0152. The molecule has 2 rings (SSSR count). The second-order valence-corrected chi connectivity index (χ2v) is 5.43. The van der Waals surface area contributed by atoms with E-state index in [1.54, 1.807) is 11.9 Å². The predicted octanol–water partition coefficient (Wildman–Crippen LogP) is 2.25. The van der Waals surface area contributed by atoms with Gasteiger partial charge < -0.3 is 20.6 Å². The van der Waals surface area contributed by atoms with Crippen LogP contribution in [0.4, 0.5) is 10.5 Å². The van der Waals surface area contributed by atoms with Gasteiger partial charge in [-0.25, -0.2) is 9.59 Å². The van der Waals surface area contributed by atoms with Crippen LogP contribution in [0.5, 0.6) is 0 Å². The number of anilines is 1. The first-order valence-corrected chi connectivity index (χ1v) is 7.14. The number of carboxylic acid groups (broad SMARTS) is 1. The van der Waals surface area contributed by atoms with Crippen LogP contribution >= 0.6 is 11.6 Å². The van der Waals surface area contributed by atoms with Gasteiger partial charge in [0.25, 0.3) is 0 Å². The largest absolute Gasteiger partial charge is 0.478 e. The van der Waals surface area contributed by atoms with E-state index in [0.717, 1.165) is 25.9 Å². The number of hydrogen-bond acceptors (Lipinski definition) is 3. The van der Waals surface area contributed by atoms with Gasteiger partial charge in [0.05, 0.1) is 10.6 Å². The van der Waals surface area contributed by atoms with Gasteiger partial charge in [0.2, 0.25) is 0 Å². The third kappa shape index (κ3) is 3.86. The number of amides is 2. The number of halogens is 1. The Morgan fingerprint density at radius 1 is 1.38 bits per heavy atom. The lowest BCUT2D eigenvalue weighted by Crippen LogP contribution is -2.45. The molecule has 6 nitrogen and oxygen atoms in total. The zero-order chi connectivity index (χ0) is 15.4. The highest BCUT2D eigenvalue weighted by molar-refractivity contribution is 6.33. The van der Waals surface area contributed by atoms with Gasteiger partial charge in [-0.3, -0.25) is 0 Å². The van der Waals surface area contributed by atoms with Gasteiger partial charge in [0.15, 0.2) is 0 Å². The van der Waals surface area contributed by atoms with Crippen LogP contribution in [0.2, 0.25) is 5.02 Å². The molecule has 0 saturated carbocycles. The summed E-state index contributed by atoms with van der Waals surface area (Å²) in [7, 11) is 1.76. The van der Waals surface area contributed by atoms with E-state index in [4.69, 9.17) is 16.7 Å². The maximum absolute atomic E-state index is 12.2. The van der Waals surface area contributed by atoms with E-state index in [0.29, 0.717) is 5.69 Å². The third-order valence-electron chi connectivity index (χ3n) is 3.63. The normalized spacial score (nSPS) is 15.5. The van der Waals surface area contributed by atoms with Crippen molar-refractivity contribution in [1.82, 2.24) is 10.2 Å². The maximum Gasteiger partial charge on any atom is 0.337 e. The molecule has 0 unspecified atom stereocenters. The lowest BCUT2D eigenvalue weighted by molar-refractivity contribution is 0.0697. The molecule has 1 aromatic rings. The van der Waals surface area contributed by atoms with Gasteiger partial charge in [-0.15, -0.1) is 0 Å². The SMILES string of the molecule is CN(C(=O)Nc1ccc(C(=O)O)c(Cl)c1)C1CCNCC1. The highest BCUT2D eigenvalue weighted by Gasteiger charge is 2.22. The maximum atomic E-state index is 12.2. The van der Waals surface area contributed by atoms with Crippen LogP contribution in [-0.2, 0) is 0 Å². The van der Waals surface area contributed by atoms with E-state index in [1.165, 1.54) is 18.2 Å². The summed E-state index contributed by atoms with van der Waals surface area (Å²) in [6.45, 7) is 1.81. The van der Waals surface area contributed by atoms with Crippen molar-refractivity contribution >= 4 is 29.3 Å². The lowest BCUT2D eigenvalue weighted by atomic mass is 10.1. The summed E-state index contributed by atoms with van der Waals surface area (Å²) in [6.07, 6.45) is 1.84. The first-order valence-electron chi connectivity index (χ1n) is 6.76. The van der Waals surface area contributed by atoms with Crippen molar-refractivity contribution in [2.75, 3.05) is 25.5 Å². The molecule has 1 saturated heterocycles. The molecule has 1 aromatic carbocycles. The molecule has 0 aromatic heterocycles. The number of piperidine rings is 1. The molecule has 1 heterocycles. The summed E-state index contributed by atoms with van der Waals surface area (Å²) < 4.78 is 0. The zero-order valence-electron chi connectivity index (χ0n) is 11.7. The monoisotopic (exact) mass is 311 g/mol. The molecule has 1 fully saturated rings. The number of aromatic carboxylic acids is 1. The van der Waals surface area contributed by atoms with Crippen molar-refractivity contribution < 1.29 is 14.7 Å². The summed E-state index contributed by atoms with van der Waals surface area (Å²) >= 11 is 5.88. The van der Waals surface area contributed by atoms with Crippen molar-refractivity contribution in [3.63, 3.8) is 0 Å². The van der Waals surface area contributed by atoms with Gasteiger partial charge in [0.1, 0.15) is 0 Å². The first-order chi connectivity index (χ1) is 9.99. The summed E-state index contributed by atoms with van der Waals surface area (Å²) in [6, 6.07) is 4.34. The fraction of sp³-hybridized carbons (Fsp3) is 0.429. The minimum Gasteiger partial charge on any atom is -0.478 e. The van der Waals surface area contributed by atoms with Gasteiger partial charge >= 0.3 is 12.0 Å². The number of carbonyl (C=O) groups is 2. The Kier molecular flexibility index (Phi) is 5.03. The fourth-order valence-electron chi connectivity index (χ4n) is 2.34. The predicted molar refractivity (Wildman–Crippen MR) is 81.1 cm³/mol. The molecular weight excluding hydrogens is 294 g/mol. The summed E-state index contributed by atoms with van der Waals surface area (Å²) in [4.78, 5) is 24.7. The van der Waals surface area contributed by atoms with Crippen LogP contribution in [0, 0.1) is 0 Å². The van der Waals surface area contributed by atoms with Gasteiger partial charge in [-0.1, -0.05) is 11.6 Å². The van der Waals surface area contributed by atoms with E-state index >= 15 is 0 Å². The Morgan fingerprint density at radius 2 is 2.05 bits per heavy atom. The molecule has 7 heteroatoms. The molecule has 1 aliphatic rings. The highest BCUT2D eigenvalue weighted by atomic mass is 35.5. The van der Waals surface area contributed by atoms with E-state index in [9.17, 15) is 9.59 Å². The molecule has 2 amide bonds. The Bertz CT molecular complexity index is 544. The van der Waals surface area contributed by atoms with E-state index in [2.05, 4.69) is 10.6 Å². The lowest BCUT2D eigenvalue weighted by Gasteiger charge is -2.31. The van der Waals surface area contributed by atoms with Crippen LogP contribution in [0.3, 0.4) is 0 Å². The van der Waals surface area contributed by atoms with Crippen molar-refractivity contribution in [2.45, 2.75) is 18.9 Å². The quantitative estimate of drug-likeness (QED) is 0.799. The molecule has 1 aliphatic heterocycles. The number of carboxylic acids is 1. The number of nitrogens with zero attached hydrogens (tertiary/aromatic N) is 1. The van der Waals surface area contributed by atoms with Gasteiger partial charge in [0, 0.05) is 18.8 Å². The number of urea groups is 1. The summed E-state index contributed by atoms with van der Waals surface area (Å²) in [5.74, 6) is -1.09. The van der Waals surface area contributed by atoms with Gasteiger partial charge in [-0.2, -0.15) is 0 Å². The van der Waals surface area contributed by atoms with E-state index in [1.807, 2.05) is 0 Å². The average Bonchev–Trinajstić information content (AvgIpc) is 2.47. The topological polar surface area (TPSA) is 81.7 Å². The summed E-state index contributed by atoms with van der Waals surface area (Å²) in [5.41, 5.74) is 0.497. The minimum atomic E-state index is -1.09. The molecule has 0 atom stereocenters. The molecule has 114 valence electrons. The number of hydrogen-bond donors (Lipinski definition) is 3. The molecule has 0 aliphatic carbocycles. The van der Waals surface area contributed by atoms with Crippen LogP contribution in [0.15, 0.2) is 18.2 Å². The Morgan fingerprint density at radius 3 is 2.62 bits per heavy atom. The molecule has 0 radical (unpaired) electrons. The molecule has 3 N–H and O–H groups in total. The Balaban J connectivity index is 2.01. The highest BCUT2D eigenvalue weighted by Crippen LogP contribution is 2.21. The van der Waals surface area contributed by atoms with Crippen molar-refractivity contribution in [3.05, 3.63) is 28.8 Å². The van der Waals surface area contributed by atoms with Gasteiger partial charge in [-0.05, 0) is 44.1 Å². The third-order valence-corrected chi connectivity index (χ3v) is 3.94. The zero-order valence-corrected chi connectivity index (χ0v) is 12.5.